The largest absolute Gasteiger partial charge is 0.480 e. The molecule has 0 aliphatic carbocycles. The van der Waals surface area contributed by atoms with Crippen molar-refractivity contribution in [2.45, 2.75) is 25.4 Å². The summed E-state index contributed by atoms with van der Waals surface area (Å²) in [4.78, 5) is 13.1. The molecule has 118 valence electrons. The van der Waals surface area contributed by atoms with Gasteiger partial charge in [0, 0.05) is 4.47 Å². The molecule has 1 atom stereocenters. The Morgan fingerprint density at radius 3 is 2.91 bits per heavy atom. The van der Waals surface area contributed by atoms with Gasteiger partial charge in [-0.1, -0.05) is 12.1 Å². The molecule has 1 aliphatic rings. The molecule has 0 saturated carbocycles. The second-order valence-electron chi connectivity index (χ2n) is 4.93. The molecule has 1 N–H and O–H groups in total. The van der Waals surface area contributed by atoms with E-state index in [9.17, 15) is 9.90 Å². The lowest BCUT2D eigenvalue weighted by Crippen LogP contribution is -2.36. The molecule has 2 aromatic rings. The fourth-order valence-corrected chi connectivity index (χ4v) is 3.04. The highest BCUT2D eigenvalue weighted by Gasteiger charge is 2.31. The molecular weight excluding hydrogens is 374 g/mol. The highest BCUT2D eigenvalue weighted by molar-refractivity contribution is 9.10. The maximum atomic E-state index is 11.2. The average molecular weight is 389 g/mol. The third-order valence-corrected chi connectivity index (χ3v) is 4.28. The molecule has 1 aromatic heterocycles. The van der Waals surface area contributed by atoms with Crippen molar-refractivity contribution in [3.8, 4) is 5.69 Å². The summed E-state index contributed by atoms with van der Waals surface area (Å²) in [5.74, 6) is -0.150. The molecule has 3 rings (SSSR count). The zero-order valence-electron chi connectivity index (χ0n) is 11.6. The van der Waals surface area contributed by atoms with Crippen LogP contribution in [0.1, 0.15) is 18.7 Å². The smallest absolute Gasteiger partial charge is 0.320 e. The van der Waals surface area contributed by atoms with Crippen molar-refractivity contribution in [2.75, 3.05) is 6.54 Å². The van der Waals surface area contributed by atoms with E-state index in [1.165, 1.54) is 0 Å². The summed E-state index contributed by atoms with van der Waals surface area (Å²) in [7, 11) is 0. The monoisotopic (exact) mass is 387 g/mol. The van der Waals surface area contributed by atoms with Gasteiger partial charge in [-0.3, -0.25) is 9.69 Å². The van der Waals surface area contributed by atoms with Crippen LogP contribution in [-0.4, -0.2) is 48.8 Å². The molecule has 1 saturated heterocycles. The highest BCUT2D eigenvalue weighted by atomic mass is 79.9. The Kier molecular flexibility index (Phi) is 5.49. The first-order chi connectivity index (χ1) is 10.2. The van der Waals surface area contributed by atoms with Crippen molar-refractivity contribution in [1.29, 1.82) is 0 Å². The molecule has 0 spiro atoms. The number of tetrazole rings is 1. The number of carboxylic acid groups (broad SMARTS) is 1. The molecule has 1 fully saturated rings. The van der Waals surface area contributed by atoms with Gasteiger partial charge in [-0.25, -0.2) is 0 Å². The number of aromatic nitrogens is 4. The first-order valence-electron chi connectivity index (χ1n) is 6.66. The van der Waals surface area contributed by atoms with Gasteiger partial charge in [-0.2, -0.15) is 4.68 Å². The Labute approximate surface area is 141 Å². The zero-order chi connectivity index (χ0) is 14.8. The molecule has 0 radical (unpaired) electrons. The van der Waals surface area contributed by atoms with E-state index >= 15 is 0 Å². The molecule has 1 aliphatic heterocycles. The molecule has 7 nitrogen and oxygen atoms in total. The number of nitrogens with zero attached hydrogens (tertiary/aromatic N) is 5. The summed E-state index contributed by atoms with van der Waals surface area (Å²) < 4.78 is 2.52. The minimum atomic E-state index is -0.785. The third kappa shape index (κ3) is 3.29. The number of carbonyl (C=O) groups is 1. The fraction of sp³-hybridized carbons (Fsp3) is 0.385. The predicted octanol–water partition coefficient (Wildman–Crippen LogP) is 1.90. The topological polar surface area (TPSA) is 84.1 Å². The first-order valence-corrected chi connectivity index (χ1v) is 7.45. The zero-order valence-corrected chi connectivity index (χ0v) is 14.0. The van der Waals surface area contributed by atoms with Crippen LogP contribution in [-0.2, 0) is 11.3 Å². The second kappa shape index (κ2) is 7.17. The SMILES string of the molecule is Cl.O=C(O)C1CCCN1Cc1nnnn1-c1ccccc1Br. The van der Waals surface area contributed by atoms with E-state index in [0.29, 0.717) is 18.8 Å². The maximum Gasteiger partial charge on any atom is 0.320 e. The maximum absolute atomic E-state index is 11.2. The van der Waals surface area contributed by atoms with Crippen LogP contribution in [0.4, 0.5) is 0 Å². The molecule has 22 heavy (non-hydrogen) atoms. The van der Waals surface area contributed by atoms with Gasteiger partial charge in [0.05, 0.1) is 12.2 Å². The van der Waals surface area contributed by atoms with Crippen LogP contribution < -0.4 is 0 Å². The highest BCUT2D eigenvalue weighted by Crippen LogP contribution is 2.23. The predicted molar refractivity (Wildman–Crippen MR) is 85.2 cm³/mol. The third-order valence-electron chi connectivity index (χ3n) is 3.61. The van der Waals surface area contributed by atoms with E-state index in [1.807, 2.05) is 29.2 Å². The number of rotatable bonds is 4. The Morgan fingerprint density at radius 1 is 1.41 bits per heavy atom. The number of hydrogen-bond donors (Lipinski definition) is 1. The number of benzene rings is 1. The van der Waals surface area contributed by atoms with E-state index in [-0.39, 0.29) is 12.4 Å². The van der Waals surface area contributed by atoms with Crippen LogP contribution in [0, 0.1) is 0 Å². The van der Waals surface area contributed by atoms with Crippen LogP contribution in [0.3, 0.4) is 0 Å². The van der Waals surface area contributed by atoms with Crippen LogP contribution in [0.25, 0.3) is 5.69 Å². The summed E-state index contributed by atoms with van der Waals surface area (Å²) >= 11 is 3.48. The van der Waals surface area contributed by atoms with Crippen molar-refractivity contribution in [3.63, 3.8) is 0 Å². The van der Waals surface area contributed by atoms with Gasteiger partial charge in [-0.15, -0.1) is 17.5 Å². The summed E-state index contributed by atoms with van der Waals surface area (Å²) in [5.41, 5.74) is 0.837. The lowest BCUT2D eigenvalue weighted by atomic mass is 10.2. The van der Waals surface area contributed by atoms with Crippen LogP contribution >= 0.6 is 28.3 Å². The van der Waals surface area contributed by atoms with E-state index in [2.05, 4.69) is 31.5 Å². The molecule has 0 amide bonds. The van der Waals surface area contributed by atoms with Gasteiger partial charge < -0.3 is 5.11 Å². The lowest BCUT2D eigenvalue weighted by Gasteiger charge is -2.20. The molecule has 1 aromatic carbocycles. The minimum Gasteiger partial charge on any atom is -0.480 e. The van der Waals surface area contributed by atoms with E-state index in [4.69, 9.17) is 0 Å². The Morgan fingerprint density at radius 2 is 2.18 bits per heavy atom. The van der Waals surface area contributed by atoms with Gasteiger partial charge in [0.2, 0.25) is 0 Å². The summed E-state index contributed by atoms with van der Waals surface area (Å²) in [6, 6.07) is 7.19. The Bertz CT molecular complexity index is 665. The Balaban J connectivity index is 0.00000176. The molecular formula is C13H15BrClN5O2. The minimum absolute atomic E-state index is 0. The summed E-state index contributed by atoms with van der Waals surface area (Å²) in [6.07, 6.45) is 1.56. The number of para-hydroxylation sites is 1. The molecule has 2 heterocycles. The first kappa shape index (κ1) is 16.9. The van der Waals surface area contributed by atoms with E-state index < -0.39 is 12.0 Å². The normalized spacial score (nSPS) is 18.1. The van der Waals surface area contributed by atoms with Gasteiger partial charge in [0.15, 0.2) is 5.82 Å². The van der Waals surface area contributed by atoms with Gasteiger partial charge in [-0.05, 0) is 57.9 Å². The van der Waals surface area contributed by atoms with Crippen molar-refractivity contribution in [2.24, 2.45) is 0 Å². The Hall–Kier alpha value is -1.51. The number of aliphatic carboxylic acids is 1. The van der Waals surface area contributed by atoms with Crippen molar-refractivity contribution in [1.82, 2.24) is 25.1 Å². The number of likely N-dealkylation sites (tertiary alicyclic amines) is 1. The van der Waals surface area contributed by atoms with Gasteiger partial charge >= 0.3 is 5.97 Å². The lowest BCUT2D eigenvalue weighted by molar-refractivity contribution is -0.142. The second-order valence-corrected chi connectivity index (χ2v) is 5.78. The summed E-state index contributed by atoms with van der Waals surface area (Å²) in [5, 5.41) is 21.0. The van der Waals surface area contributed by atoms with Crippen LogP contribution in [0.15, 0.2) is 28.7 Å². The van der Waals surface area contributed by atoms with Crippen LogP contribution in [0.2, 0.25) is 0 Å². The fourth-order valence-electron chi connectivity index (χ4n) is 2.59. The van der Waals surface area contributed by atoms with Crippen molar-refractivity contribution in [3.05, 3.63) is 34.6 Å². The number of hydrogen-bond acceptors (Lipinski definition) is 5. The van der Waals surface area contributed by atoms with Crippen molar-refractivity contribution < 1.29 is 9.90 Å². The molecule has 0 bridgehead atoms. The quantitative estimate of drug-likeness (QED) is 0.861. The average Bonchev–Trinajstić information content (AvgIpc) is 3.09. The molecule has 9 heteroatoms. The standard InChI is InChI=1S/C13H14BrN5O2.ClH/c14-9-4-1-2-5-10(9)19-12(15-16-17-19)8-18-7-3-6-11(18)13(20)21;/h1-2,4-5,11H,3,6-8H2,(H,20,21);1H. The van der Waals surface area contributed by atoms with Gasteiger partial charge in [0.1, 0.15) is 6.04 Å². The van der Waals surface area contributed by atoms with Crippen molar-refractivity contribution >= 4 is 34.3 Å². The van der Waals surface area contributed by atoms with Gasteiger partial charge in [0.25, 0.3) is 0 Å². The summed E-state index contributed by atoms with van der Waals surface area (Å²) in [6.45, 7) is 1.17. The van der Waals surface area contributed by atoms with E-state index in [0.717, 1.165) is 23.1 Å². The number of carboxylic acids is 1. The molecule has 1 unspecified atom stereocenters. The van der Waals surface area contributed by atoms with E-state index in [1.54, 1.807) is 4.68 Å². The van der Waals surface area contributed by atoms with Crippen LogP contribution in [0.5, 0.6) is 0 Å². The number of halogens is 2.